The van der Waals surface area contributed by atoms with Gasteiger partial charge in [0.25, 0.3) is 0 Å². The molecule has 9 nitrogen and oxygen atoms in total. The van der Waals surface area contributed by atoms with Gasteiger partial charge >= 0.3 is 0 Å². The zero-order valence-corrected chi connectivity index (χ0v) is 18.6. The Balaban J connectivity index is 1.54. The maximum Gasteiger partial charge on any atom is 0.244 e. The Labute approximate surface area is 187 Å². The lowest BCUT2D eigenvalue weighted by atomic mass is 10.2. The van der Waals surface area contributed by atoms with Crippen molar-refractivity contribution in [3.05, 3.63) is 48.0 Å². The second-order valence-corrected chi connectivity index (χ2v) is 9.53. The molecule has 0 bridgehead atoms. The molecule has 2 aromatic rings. The highest BCUT2D eigenvalue weighted by Crippen LogP contribution is 2.31. The highest BCUT2D eigenvalue weighted by molar-refractivity contribution is 7.89. The fourth-order valence-electron chi connectivity index (χ4n) is 3.66. The molecule has 4 rings (SSSR count). The average molecular weight is 460 g/mol. The highest BCUT2D eigenvalue weighted by Gasteiger charge is 2.28. The zero-order chi connectivity index (χ0) is 22.7. The summed E-state index contributed by atoms with van der Waals surface area (Å²) in [6.07, 6.45) is 0.161. The van der Waals surface area contributed by atoms with Gasteiger partial charge in [-0.2, -0.15) is 4.31 Å². The minimum absolute atomic E-state index is 0.102. The summed E-state index contributed by atoms with van der Waals surface area (Å²) in [7, 11) is -3.70. The van der Waals surface area contributed by atoms with Gasteiger partial charge in [-0.1, -0.05) is 18.2 Å². The van der Waals surface area contributed by atoms with Crippen LogP contribution in [0.25, 0.3) is 0 Å². The van der Waals surface area contributed by atoms with E-state index in [4.69, 9.17) is 9.47 Å². The van der Waals surface area contributed by atoms with Crippen LogP contribution >= 0.6 is 0 Å². The Morgan fingerprint density at radius 3 is 2.62 bits per heavy atom. The Morgan fingerprint density at radius 1 is 1.09 bits per heavy atom. The molecule has 2 heterocycles. The van der Waals surface area contributed by atoms with Crippen LogP contribution in [0.15, 0.2) is 47.4 Å². The third-order valence-corrected chi connectivity index (χ3v) is 7.32. The van der Waals surface area contributed by atoms with Crippen molar-refractivity contribution >= 4 is 33.2 Å². The van der Waals surface area contributed by atoms with E-state index in [0.29, 0.717) is 35.9 Å². The minimum atomic E-state index is -3.70. The number of nitrogens with one attached hydrogen (secondary N) is 1. The van der Waals surface area contributed by atoms with Crippen molar-refractivity contribution in [3.63, 3.8) is 0 Å². The normalized spacial score (nSPS) is 17.3. The summed E-state index contributed by atoms with van der Waals surface area (Å²) < 4.78 is 38.1. The van der Waals surface area contributed by atoms with Crippen molar-refractivity contribution in [1.82, 2.24) is 4.31 Å². The van der Waals surface area contributed by atoms with Gasteiger partial charge in [-0.3, -0.25) is 14.5 Å². The molecule has 0 unspecified atom stereocenters. The number of para-hydroxylation sites is 2. The molecule has 2 aromatic carbocycles. The second kappa shape index (κ2) is 9.27. The fraction of sp³-hybridized carbons (Fsp3) is 0.364. The monoisotopic (exact) mass is 459 g/mol. The third kappa shape index (κ3) is 4.62. The quantitative estimate of drug-likeness (QED) is 0.731. The number of anilines is 2. The molecule has 0 saturated carbocycles. The number of rotatable bonds is 5. The maximum atomic E-state index is 13.0. The number of morpholine rings is 1. The van der Waals surface area contributed by atoms with E-state index in [2.05, 4.69) is 5.32 Å². The molecule has 2 amide bonds. The molecule has 32 heavy (non-hydrogen) atoms. The molecule has 1 fully saturated rings. The second-order valence-electron chi connectivity index (χ2n) is 7.59. The molecular weight excluding hydrogens is 434 g/mol. The number of carbonyl (C=O) groups excluding carboxylic acids is 2. The van der Waals surface area contributed by atoms with E-state index in [1.165, 1.54) is 21.3 Å². The molecule has 0 spiro atoms. The summed E-state index contributed by atoms with van der Waals surface area (Å²) in [5.74, 6) is -0.106. The number of ether oxygens (including phenoxy) is 2. The third-order valence-electron chi connectivity index (χ3n) is 5.42. The summed E-state index contributed by atoms with van der Waals surface area (Å²) in [5.41, 5.74) is 1.63. The predicted molar refractivity (Wildman–Crippen MR) is 118 cm³/mol. The van der Waals surface area contributed by atoms with Crippen LogP contribution in [0.5, 0.6) is 5.75 Å². The summed E-state index contributed by atoms with van der Waals surface area (Å²) in [6, 6.07) is 11.7. The van der Waals surface area contributed by atoms with E-state index in [9.17, 15) is 18.0 Å². The summed E-state index contributed by atoms with van der Waals surface area (Å²) in [6.45, 7) is 3.09. The standard InChI is InChI=1S/C22H25N3O6S/c1-16-6-7-17(32(28,29)24-9-12-30-13-10-24)14-18(16)23-21(26)15-25-19-4-2-3-5-20(19)31-11-8-22(25)27/h2-7,14H,8-13,15H2,1H3,(H,23,26). The first kappa shape index (κ1) is 22.3. The number of benzene rings is 2. The van der Waals surface area contributed by atoms with Gasteiger partial charge in [-0.05, 0) is 36.8 Å². The molecular formula is C22H25N3O6S. The molecule has 0 radical (unpaired) electrons. The maximum absolute atomic E-state index is 13.0. The number of sulfonamides is 1. The average Bonchev–Trinajstić information content (AvgIpc) is 2.94. The number of fused-ring (bicyclic) bond motifs is 1. The first-order chi connectivity index (χ1) is 15.4. The summed E-state index contributed by atoms with van der Waals surface area (Å²) in [5, 5.41) is 2.76. The van der Waals surface area contributed by atoms with Crippen molar-refractivity contribution in [2.45, 2.75) is 18.2 Å². The van der Waals surface area contributed by atoms with E-state index < -0.39 is 15.9 Å². The van der Waals surface area contributed by atoms with Gasteiger partial charge in [0.05, 0.1) is 36.8 Å². The molecule has 0 aliphatic carbocycles. The number of amides is 2. The topological polar surface area (TPSA) is 105 Å². The first-order valence-electron chi connectivity index (χ1n) is 10.4. The van der Waals surface area contributed by atoms with Gasteiger partial charge in [-0.15, -0.1) is 0 Å². The van der Waals surface area contributed by atoms with E-state index in [1.54, 1.807) is 37.3 Å². The minimum Gasteiger partial charge on any atom is -0.491 e. The van der Waals surface area contributed by atoms with Crippen LogP contribution < -0.4 is 15.0 Å². The number of hydrogen-bond donors (Lipinski definition) is 1. The van der Waals surface area contributed by atoms with Crippen molar-refractivity contribution in [2.24, 2.45) is 0 Å². The van der Waals surface area contributed by atoms with Gasteiger partial charge in [0.15, 0.2) is 0 Å². The van der Waals surface area contributed by atoms with Gasteiger partial charge in [0.1, 0.15) is 12.3 Å². The molecule has 2 aliphatic rings. The number of hydrogen-bond acceptors (Lipinski definition) is 6. The van der Waals surface area contributed by atoms with Crippen LogP contribution in [0, 0.1) is 6.92 Å². The Hall–Kier alpha value is -2.95. The van der Waals surface area contributed by atoms with Crippen LogP contribution in [0.4, 0.5) is 11.4 Å². The van der Waals surface area contributed by atoms with E-state index >= 15 is 0 Å². The molecule has 1 saturated heterocycles. The lowest BCUT2D eigenvalue weighted by Crippen LogP contribution is -2.40. The van der Waals surface area contributed by atoms with Gasteiger partial charge < -0.3 is 14.8 Å². The van der Waals surface area contributed by atoms with Crippen LogP contribution in [0.1, 0.15) is 12.0 Å². The van der Waals surface area contributed by atoms with E-state index in [0.717, 1.165) is 0 Å². The summed E-state index contributed by atoms with van der Waals surface area (Å²) >= 11 is 0. The fourth-order valence-corrected chi connectivity index (χ4v) is 5.09. The molecule has 0 aromatic heterocycles. The van der Waals surface area contributed by atoms with Crippen LogP contribution in [-0.4, -0.2) is 64.0 Å². The van der Waals surface area contributed by atoms with E-state index in [1.807, 2.05) is 0 Å². The Morgan fingerprint density at radius 2 is 1.84 bits per heavy atom. The lowest BCUT2D eigenvalue weighted by Gasteiger charge is -2.26. The molecule has 1 N–H and O–H groups in total. The Bertz CT molecular complexity index is 1130. The van der Waals surface area contributed by atoms with E-state index in [-0.39, 0.29) is 43.5 Å². The van der Waals surface area contributed by atoms with Crippen molar-refractivity contribution in [1.29, 1.82) is 0 Å². The van der Waals surface area contributed by atoms with Gasteiger partial charge in [-0.25, -0.2) is 8.42 Å². The number of nitrogens with zero attached hydrogens (tertiary/aromatic N) is 2. The first-order valence-corrected chi connectivity index (χ1v) is 11.8. The van der Waals surface area contributed by atoms with Crippen molar-refractivity contribution in [2.75, 3.05) is 49.7 Å². The molecule has 0 atom stereocenters. The molecule has 10 heteroatoms. The zero-order valence-electron chi connectivity index (χ0n) is 17.7. The number of carbonyl (C=O) groups is 2. The van der Waals surface area contributed by atoms with Gasteiger partial charge in [0, 0.05) is 18.8 Å². The summed E-state index contributed by atoms with van der Waals surface area (Å²) in [4.78, 5) is 26.9. The molecule has 170 valence electrons. The van der Waals surface area contributed by atoms with Crippen LogP contribution in [0.2, 0.25) is 0 Å². The van der Waals surface area contributed by atoms with Crippen LogP contribution in [0.3, 0.4) is 0 Å². The number of aryl methyl sites for hydroxylation is 1. The van der Waals surface area contributed by atoms with Crippen molar-refractivity contribution < 1.29 is 27.5 Å². The smallest absolute Gasteiger partial charge is 0.244 e. The largest absolute Gasteiger partial charge is 0.491 e. The SMILES string of the molecule is Cc1ccc(S(=O)(=O)N2CCOCC2)cc1NC(=O)CN1C(=O)CCOc2ccccc21. The van der Waals surface area contributed by atoms with Crippen LogP contribution in [-0.2, 0) is 24.3 Å². The van der Waals surface area contributed by atoms with Crippen molar-refractivity contribution in [3.8, 4) is 5.75 Å². The predicted octanol–water partition coefficient (Wildman–Crippen LogP) is 1.77. The van der Waals surface area contributed by atoms with Gasteiger partial charge in [0.2, 0.25) is 21.8 Å². The Kier molecular flexibility index (Phi) is 6.45. The molecule has 2 aliphatic heterocycles. The highest BCUT2D eigenvalue weighted by atomic mass is 32.2. The lowest BCUT2D eigenvalue weighted by molar-refractivity contribution is -0.121.